The third kappa shape index (κ3) is 3.08. The molecule has 7 heteroatoms. The molecule has 108 valence electrons. The molecule has 0 aromatic heterocycles. The van der Waals surface area contributed by atoms with Crippen molar-refractivity contribution in [2.45, 2.75) is 25.4 Å². The summed E-state index contributed by atoms with van der Waals surface area (Å²) in [6.07, 6.45) is 1.80. The van der Waals surface area contributed by atoms with Crippen LogP contribution in [0.1, 0.15) is 30.1 Å². The topological polar surface area (TPSA) is 81.5 Å². The van der Waals surface area contributed by atoms with Gasteiger partial charge in [0.15, 0.2) is 0 Å². The Kier molecular flexibility index (Phi) is 4.25. The summed E-state index contributed by atoms with van der Waals surface area (Å²) < 4.78 is 5.55. The number of nitro groups is 1. The Hall–Kier alpha value is -1.66. The summed E-state index contributed by atoms with van der Waals surface area (Å²) in [5, 5.41) is 13.6. The van der Waals surface area contributed by atoms with Crippen LogP contribution in [0.2, 0.25) is 5.02 Å². The molecule has 1 aromatic rings. The van der Waals surface area contributed by atoms with Gasteiger partial charge in [0, 0.05) is 13.2 Å². The summed E-state index contributed by atoms with van der Waals surface area (Å²) in [6.45, 7) is 2.89. The molecule has 1 aromatic carbocycles. The average molecular weight is 299 g/mol. The zero-order valence-corrected chi connectivity index (χ0v) is 11.8. The summed E-state index contributed by atoms with van der Waals surface area (Å²) in [6, 6.07) is 4.28. The number of carbonyl (C=O) groups excluding carboxylic acids is 1. The van der Waals surface area contributed by atoms with Crippen molar-refractivity contribution in [1.29, 1.82) is 0 Å². The average Bonchev–Trinajstić information content (AvgIpc) is 2.82. The van der Waals surface area contributed by atoms with Gasteiger partial charge in [-0.05, 0) is 31.9 Å². The second kappa shape index (κ2) is 5.76. The minimum Gasteiger partial charge on any atom is -0.373 e. The SMILES string of the molecule is CC1(CNC(=O)c2cccc(Cl)c2[N+](=O)[O-])CCCO1. The molecular formula is C13H15ClN2O4. The first kappa shape index (κ1) is 14.7. The Bertz CT molecular complexity index is 541. The largest absolute Gasteiger partial charge is 0.373 e. The van der Waals surface area contributed by atoms with Crippen molar-refractivity contribution in [3.8, 4) is 0 Å². The molecule has 2 rings (SSSR count). The van der Waals surface area contributed by atoms with Gasteiger partial charge in [-0.3, -0.25) is 14.9 Å². The van der Waals surface area contributed by atoms with Gasteiger partial charge in [0.05, 0.1) is 10.5 Å². The van der Waals surface area contributed by atoms with Crippen LogP contribution in [0.5, 0.6) is 0 Å². The highest BCUT2D eigenvalue weighted by Crippen LogP contribution is 2.28. The summed E-state index contributed by atoms with van der Waals surface area (Å²) >= 11 is 5.78. The summed E-state index contributed by atoms with van der Waals surface area (Å²) in [5.41, 5.74) is -0.809. The second-order valence-corrected chi connectivity index (χ2v) is 5.38. The maximum Gasteiger partial charge on any atom is 0.300 e. The van der Waals surface area contributed by atoms with E-state index in [4.69, 9.17) is 16.3 Å². The summed E-state index contributed by atoms with van der Waals surface area (Å²) in [5.74, 6) is -0.518. The predicted molar refractivity (Wildman–Crippen MR) is 74.0 cm³/mol. The monoisotopic (exact) mass is 298 g/mol. The van der Waals surface area contributed by atoms with Gasteiger partial charge in [-0.25, -0.2) is 0 Å². The number of nitro benzene ring substituents is 1. The van der Waals surface area contributed by atoms with Crippen LogP contribution in [0.3, 0.4) is 0 Å². The molecule has 1 atom stereocenters. The fraction of sp³-hybridized carbons (Fsp3) is 0.462. The quantitative estimate of drug-likeness (QED) is 0.684. The lowest BCUT2D eigenvalue weighted by molar-refractivity contribution is -0.385. The van der Waals surface area contributed by atoms with E-state index in [2.05, 4.69) is 5.32 Å². The molecule has 6 nitrogen and oxygen atoms in total. The van der Waals surface area contributed by atoms with Gasteiger partial charge >= 0.3 is 5.69 Å². The number of nitrogens with zero attached hydrogens (tertiary/aromatic N) is 1. The highest BCUT2D eigenvalue weighted by molar-refractivity contribution is 6.33. The molecule has 0 spiro atoms. The molecule has 1 heterocycles. The number of ether oxygens (including phenoxy) is 1. The van der Waals surface area contributed by atoms with Crippen molar-refractivity contribution in [3.05, 3.63) is 38.9 Å². The standard InChI is InChI=1S/C13H15ClN2O4/c1-13(6-3-7-20-13)8-15-12(17)9-4-2-5-10(14)11(9)16(18)19/h2,4-5H,3,6-8H2,1H3,(H,15,17). The van der Waals surface area contributed by atoms with Crippen LogP contribution < -0.4 is 5.32 Å². The number of nitrogens with one attached hydrogen (secondary N) is 1. The van der Waals surface area contributed by atoms with E-state index >= 15 is 0 Å². The van der Waals surface area contributed by atoms with E-state index in [1.54, 1.807) is 0 Å². The Balaban J connectivity index is 2.13. The van der Waals surface area contributed by atoms with Crippen LogP contribution >= 0.6 is 11.6 Å². The Morgan fingerprint density at radius 1 is 1.60 bits per heavy atom. The van der Waals surface area contributed by atoms with Gasteiger partial charge in [0.1, 0.15) is 10.6 Å². The van der Waals surface area contributed by atoms with Crippen molar-refractivity contribution < 1.29 is 14.5 Å². The Morgan fingerprint density at radius 3 is 2.95 bits per heavy atom. The van der Waals surface area contributed by atoms with Gasteiger partial charge in [0.25, 0.3) is 5.91 Å². The van der Waals surface area contributed by atoms with Crippen molar-refractivity contribution in [2.75, 3.05) is 13.2 Å². The second-order valence-electron chi connectivity index (χ2n) is 4.98. The number of halogens is 1. The first-order valence-electron chi connectivity index (χ1n) is 6.28. The lowest BCUT2D eigenvalue weighted by atomic mass is 10.0. The van der Waals surface area contributed by atoms with Crippen molar-refractivity contribution >= 4 is 23.2 Å². The lowest BCUT2D eigenvalue weighted by Crippen LogP contribution is -2.40. The lowest BCUT2D eigenvalue weighted by Gasteiger charge is -2.23. The van der Waals surface area contributed by atoms with Crippen molar-refractivity contribution in [3.63, 3.8) is 0 Å². The minimum absolute atomic E-state index is 0.0379. The zero-order valence-electron chi connectivity index (χ0n) is 11.0. The molecule has 1 aliphatic heterocycles. The minimum atomic E-state index is -0.648. The van der Waals surface area contributed by atoms with E-state index < -0.39 is 16.4 Å². The smallest absolute Gasteiger partial charge is 0.300 e. The van der Waals surface area contributed by atoms with E-state index in [0.29, 0.717) is 13.2 Å². The molecule has 1 unspecified atom stereocenters. The highest BCUT2D eigenvalue weighted by Gasteiger charge is 2.31. The first-order chi connectivity index (χ1) is 9.43. The van der Waals surface area contributed by atoms with Crippen LogP contribution in [0.4, 0.5) is 5.69 Å². The molecule has 0 saturated carbocycles. The molecular weight excluding hydrogens is 284 g/mol. The third-order valence-corrected chi connectivity index (χ3v) is 3.64. The van der Waals surface area contributed by atoms with Gasteiger partial charge in [-0.2, -0.15) is 0 Å². The maximum atomic E-state index is 12.1. The molecule has 1 N–H and O–H groups in total. The van der Waals surface area contributed by atoms with Crippen molar-refractivity contribution in [2.24, 2.45) is 0 Å². The number of hydrogen-bond donors (Lipinski definition) is 1. The maximum absolute atomic E-state index is 12.1. The van der Waals surface area contributed by atoms with Gasteiger partial charge in [-0.15, -0.1) is 0 Å². The van der Waals surface area contributed by atoms with E-state index in [1.165, 1.54) is 18.2 Å². The van der Waals surface area contributed by atoms with Gasteiger partial charge in [0.2, 0.25) is 0 Å². The predicted octanol–water partition coefficient (Wildman–Crippen LogP) is 2.55. The number of amides is 1. The van der Waals surface area contributed by atoms with Crippen LogP contribution in [0, 0.1) is 10.1 Å². The van der Waals surface area contributed by atoms with E-state index in [1.807, 2.05) is 6.92 Å². The van der Waals surface area contributed by atoms with Crippen LogP contribution in [0.25, 0.3) is 0 Å². The molecule has 1 saturated heterocycles. The Morgan fingerprint density at radius 2 is 2.35 bits per heavy atom. The summed E-state index contributed by atoms with van der Waals surface area (Å²) in [7, 11) is 0. The molecule has 0 bridgehead atoms. The summed E-state index contributed by atoms with van der Waals surface area (Å²) in [4.78, 5) is 22.4. The number of carbonyl (C=O) groups is 1. The van der Waals surface area contributed by atoms with E-state index in [-0.39, 0.29) is 16.3 Å². The van der Waals surface area contributed by atoms with Crippen LogP contribution in [0.15, 0.2) is 18.2 Å². The highest BCUT2D eigenvalue weighted by atomic mass is 35.5. The number of rotatable bonds is 4. The number of hydrogen-bond acceptors (Lipinski definition) is 4. The first-order valence-corrected chi connectivity index (χ1v) is 6.66. The molecule has 0 aliphatic carbocycles. The normalized spacial score (nSPS) is 21.7. The molecule has 20 heavy (non-hydrogen) atoms. The fourth-order valence-electron chi connectivity index (χ4n) is 2.22. The van der Waals surface area contributed by atoms with Crippen molar-refractivity contribution in [1.82, 2.24) is 5.32 Å². The molecule has 1 aliphatic rings. The molecule has 0 radical (unpaired) electrons. The van der Waals surface area contributed by atoms with Gasteiger partial charge < -0.3 is 10.1 Å². The van der Waals surface area contributed by atoms with Crippen LogP contribution in [-0.2, 0) is 4.74 Å². The fourth-order valence-corrected chi connectivity index (χ4v) is 2.47. The Labute approximate surface area is 121 Å². The van der Waals surface area contributed by atoms with E-state index in [9.17, 15) is 14.9 Å². The number of para-hydroxylation sites is 1. The third-order valence-electron chi connectivity index (χ3n) is 3.34. The van der Waals surface area contributed by atoms with E-state index in [0.717, 1.165) is 12.8 Å². The van der Waals surface area contributed by atoms with Crippen LogP contribution in [-0.4, -0.2) is 29.6 Å². The number of benzene rings is 1. The molecule has 1 amide bonds. The molecule has 1 fully saturated rings. The zero-order chi connectivity index (χ0) is 14.8. The van der Waals surface area contributed by atoms with Gasteiger partial charge in [-0.1, -0.05) is 17.7 Å².